The number of rotatable bonds is 18. The number of aromatic amines is 1. The van der Waals surface area contributed by atoms with E-state index in [1.165, 1.54) is 17.7 Å². The zero-order valence-electron chi connectivity index (χ0n) is 34.3. The second-order valence-corrected chi connectivity index (χ2v) is 16.0. The van der Waals surface area contributed by atoms with Crippen molar-refractivity contribution in [2.24, 2.45) is 5.92 Å². The number of carbonyl (C=O) groups is 2. The van der Waals surface area contributed by atoms with E-state index in [-0.39, 0.29) is 53.4 Å². The molecule has 322 valence electrons. The monoisotopic (exact) mass is 858 g/mol. The number of aromatic nitrogens is 1. The molecule has 1 saturated heterocycles. The van der Waals surface area contributed by atoms with Crippen LogP contribution in [0.1, 0.15) is 63.5 Å². The van der Waals surface area contributed by atoms with Crippen molar-refractivity contribution in [1.29, 1.82) is 0 Å². The molecular weight excluding hydrogens is 808 g/mol. The lowest BCUT2D eigenvalue weighted by atomic mass is 9.86. The number of nitrogens with zero attached hydrogens (tertiary/aromatic N) is 1. The summed E-state index contributed by atoms with van der Waals surface area (Å²) in [5.41, 5.74) is 1.52. The van der Waals surface area contributed by atoms with Crippen LogP contribution in [0.3, 0.4) is 0 Å². The number of halogens is 1. The standard InChI is InChI=1S/C49H51ClN4O8/c50-42-27-35(29-51-30-44(56)39-17-19-43(55)46-40(39)18-20-45(57)53-46)15-16-41(42)47(58)52-23-8-26-61-38-14-7-13-37(28-38)49(60,36-11-5-2-6-12-36)48(59)62-32-34-21-24-54(25-22-34)31-33-9-3-1-4-10-33/h1-7,9-20,27-28,34,44,51,55-56,60H,8,21-26,29-32H2,(H,52,58)(H,53,57). The fourth-order valence-electron chi connectivity index (χ4n) is 7.77. The van der Waals surface area contributed by atoms with Gasteiger partial charge in [-0.3, -0.25) is 14.5 Å². The number of aromatic hydroxyl groups is 1. The molecule has 2 atom stereocenters. The van der Waals surface area contributed by atoms with Crippen LogP contribution < -0.4 is 20.9 Å². The number of phenols is 1. The summed E-state index contributed by atoms with van der Waals surface area (Å²) in [6.07, 6.45) is 1.34. The summed E-state index contributed by atoms with van der Waals surface area (Å²) in [5.74, 6) is -0.510. The quantitative estimate of drug-likeness (QED) is 0.0409. The Morgan fingerprint density at radius 2 is 1.61 bits per heavy atom. The number of esters is 1. The normalized spacial score (nSPS) is 14.8. The number of H-pyrrole nitrogens is 1. The topological polar surface area (TPSA) is 173 Å². The van der Waals surface area contributed by atoms with Crippen LogP contribution in [0.5, 0.6) is 11.5 Å². The molecule has 6 N–H and O–H groups in total. The van der Waals surface area contributed by atoms with Crippen LogP contribution in [0.2, 0.25) is 5.02 Å². The minimum atomic E-state index is -2.05. The highest BCUT2D eigenvalue weighted by atomic mass is 35.5. The van der Waals surface area contributed by atoms with Gasteiger partial charge in [0.1, 0.15) is 11.5 Å². The van der Waals surface area contributed by atoms with Crippen molar-refractivity contribution in [2.75, 3.05) is 39.4 Å². The van der Waals surface area contributed by atoms with Crippen LogP contribution in [0.15, 0.2) is 132 Å². The number of fused-ring (bicyclic) bond motifs is 1. The lowest BCUT2D eigenvalue weighted by Crippen LogP contribution is -2.40. The van der Waals surface area contributed by atoms with E-state index in [1.54, 1.807) is 78.9 Å². The van der Waals surface area contributed by atoms with Crippen LogP contribution >= 0.6 is 11.6 Å². The first kappa shape index (κ1) is 44.0. The van der Waals surface area contributed by atoms with Crippen molar-refractivity contribution in [3.05, 3.63) is 176 Å². The molecule has 1 aromatic heterocycles. The van der Waals surface area contributed by atoms with E-state index in [0.717, 1.165) is 38.0 Å². The Bertz CT molecular complexity index is 2510. The molecule has 2 heterocycles. The number of hydrogen-bond donors (Lipinski definition) is 6. The molecule has 7 rings (SSSR count). The maximum absolute atomic E-state index is 13.8. The van der Waals surface area contributed by atoms with Crippen molar-refractivity contribution in [3.63, 3.8) is 0 Å². The van der Waals surface area contributed by atoms with Gasteiger partial charge in [-0.1, -0.05) is 96.5 Å². The second-order valence-electron chi connectivity index (χ2n) is 15.6. The van der Waals surface area contributed by atoms with Gasteiger partial charge in [0, 0.05) is 43.2 Å². The first-order valence-electron chi connectivity index (χ1n) is 20.8. The number of aliphatic hydroxyl groups is 2. The average Bonchev–Trinajstić information content (AvgIpc) is 3.29. The minimum Gasteiger partial charge on any atom is -0.506 e. The molecule has 13 heteroatoms. The summed E-state index contributed by atoms with van der Waals surface area (Å²) >= 11 is 6.51. The molecule has 0 bridgehead atoms. The fourth-order valence-corrected chi connectivity index (χ4v) is 8.06. The molecule has 5 aromatic carbocycles. The molecule has 12 nitrogen and oxygen atoms in total. The molecular formula is C49H51ClN4O8. The summed E-state index contributed by atoms with van der Waals surface area (Å²) in [4.78, 5) is 43.6. The molecule has 62 heavy (non-hydrogen) atoms. The first-order chi connectivity index (χ1) is 30.1. The number of phenolic OH excluding ortho intramolecular Hbond substituents is 1. The highest BCUT2D eigenvalue weighted by Gasteiger charge is 2.42. The number of benzene rings is 5. The Morgan fingerprint density at radius 1 is 0.871 bits per heavy atom. The van der Waals surface area contributed by atoms with E-state index in [4.69, 9.17) is 21.1 Å². The lowest BCUT2D eigenvalue weighted by molar-refractivity contribution is -0.164. The van der Waals surface area contributed by atoms with Gasteiger partial charge in [0.2, 0.25) is 11.2 Å². The number of nitrogens with one attached hydrogen (secondary N) is 3. The second kappa shape index (κ2) is 20.7. The third kappa shape index (κ3) is 10.9. The van der Waals surface area contributed by atoms with Gasteiger partial charge < -0.3 is 40.4 Å². The van der Waals surface area contributed by atoms with E-state index >= 15 is 0 Å². The molecule has 1 fully saturated rings. The summed E-state index contributed by atoms with van der Waals surface area (Å²) in [6, 6.07) is 37.0. The zero-order chi connectivity index (χ0) is 43.5. The number of hydrogen-bond acceptors (Lipinski definition) is 10. The number of amides is 1. The van der Waals surface area contributed by atoms with Crippen LogP contribution in [-0.4, -0.2) is 76.5 Å². The largest absolute Gasteiger partial charge is 0.506 e. The van der Waals surface area contributed by atoms with Gasteiger partial charge in [0.25, 0.3) is 5.91 Å². The number of aliphatic hydroxyl groups excluding tert-OH is 1. The van der Waals surface area contributed by atoms with Crippen LogP contribution in [0.25, 0.3) is 10.9 Å². The van der Waals surface area contributed by atoms with Gasteiger partial charge in [0.15, 0.2) is 0 Å². The van der Waals surface area contributed by atoms with E-state index in [9.17, 15) is 29.7 Å². The molecule has 6 aromatic rings. The van der Waals surface area contributed by atoms with Crippen LogP contribution in [0, 0.1) is 5.92 Å². The SMILES string of the molecule is O=C(NCCCOc1cccc(C(O)(C(=O)OCC2CCN(Cc3ccccc3)CC2)c2ccccc2)c1)c1ccc(CNCC(O)c2ccc(O)c3[nH]c(=O)ccc23)cc1Cl. The summed E-state index contributed by atoms with van der Waals surface area (Å²) in [5, 5.41) is 40.0. The summed E-state index contributed by atoms with van der Waals surface area (Å²) in [6.45, 7) is 4.04. The third-order valence-corrected chi connectivity index (χ3v) is 11.5. The summed E-state index contributed by atoms with van der Waals surface area (Å²) < 4.78 is 11.9. The van der Waals surface area contributed by atoms with Gasteiger partial charge in [-0.2, -0.15) is 0 Å². The van der Waals surface area contributed by atoms with Crippen molar-refractivity contribution in [3.8, 4) is 11.5 Å². The van der Waals surface area contributed by atoms with Gasteiger partial charge in [-0.25, -0.2) is 4.79 Å². The third-order valence-electron chi connectivity index (χ3n) is 11.2. The molecule has 0 aliphatic carbocycles. The number of piperidine rings is 1. The molecule has 0 radical (unpaired) electrons. The predicted octanol–water partition coefficient (Wildman–Crippen LogP) is 6.60. The molecule has 1 aliphatic heterocycles. The average molecular weight is 859 g/mol. The van der Waals surface area contributed by atoms with E-state index in [0.29, 0.717) is 52.9 Å². The highest BCUT2D eigenvalue weighted by molar-refractivity contribution is 6.33. The zero-order valence-corrected chi connectivity index (χ0v) is 35.0. The fraction of sp³-hybridized carbons (Fsp3) is 0.286. The van der Waals surface area contributed by atoms with Crippen molar-refractivity contribution >= 4 is 34.4 Å². The van der Waals surface area contributed by atoms with Crippen molar-refractivity contribution < 1.29 is 34.4 Å². The van der Waals surface area contributed by atoms with Crippen molar-refractivity contribution in [1.82, 2.24) is 20.5 Å². The Morgan fingerprint density at radius 3 is 2.37 bits per heavy atom. The van der Waals surface area contributed by atoms with Gasteiger partial charge >= 0.3 is 5.97 Å². The number of likely N-dealkylation sites (tertiary alicyclic amines) is 1. The van der Waals surface area contributed by atoms with Crippen molar-refractivity contribution in [2.45, 2.75) is 44.1 Å². The highest BCUT2D eigenvalue weighted by Crippen LogP contribution is 2.34. The van der Waals surface area contributed by atoms with Gasteiger partial charge in [-0.15, -0.1) is 0 Å². The molecule has 1 amide bonds. The molecule has 0 spiro atoms. The Kier molecular flexibility index (Phi) is 14.7. The number of ether oxygens (including phenoxy) is 2. The molecule has 0 saturated carbocycles. The van der Waals surface area contributed by atoms with Crippen LogP contribution in [-0.2, 0) is 28.2 Å². The van der Waals surface area contributed by atoms with Gasteiger partial charge in [0.05, 0.1) is 35.4 Å². The Balaban J connectivity index is 0.869. The van der Waals surface area contributed by atoms with Crippen LogP contribution in [0.4, 0.5) is 0 Å². The maximum atomic E-state index is 13.8. The van der Waals surface area contributed by atoms with E-state index < -0.39 is 17.7 Å². The lowest BCUT2D eigenvalue weighted by Gasteiger charge is -2.33. The smallest absolute Gasteiger partial charge is 0.347 e. The molecule has 2 unspecified atom stereocenters. The molecule has 1 aliphatic rings. The van der Waals surface area contributed by atoms with E-state index in [1.807, 2.05) is 24.3 Å². The minimum absolute atomic E-state index is 0.0812. The number of pyridine rings is 1. The first-order valence-corrected chi connectivity index (χ1v) is 21.2. The van der Waals surface area contributed by atoms with Gasteiger partial charge in [-0.05, 0) is 96.9 Å². The maximum Gasteiger partial charge on any atom is 0.347 e. The summed E-state index contributed by atoms with van der Waals surface area (Å²) in [7, 11) is 0. The number of carbonyl (C=O) groups excluding carboxylic acids is 2. The Labute approximate surface area is 365 Å². The Hall–Kier alpha value is -6.02. The van der Waals surface area contributed by atoms with E-state index in [2.05, 4.69) is 32.7 Å². The predicted molar refractivity (Wildman–Crippen MR) is 238 cm³/mol.